The predicted molar refractivity (Wildman–Crippen MR) is 253 cm³/mol. The van der Waals surface area contributed by atoms with Gasteiger partial charge in [-0.15, -0.1) is 29.7 Å². The van der Waals surface area contributed by atoms with E-state index in [4.69, 9.17) is 23.4 Å². The second kappa shape index (κ2) is 17.0. The number of imidazole rings is 1. The molecule has 1 unspecified atom stereocenters. The summed E-state index contributed by atoms with van der Waals surface area (Å²) in [4.78, 5) is 4.84. The average molecular weight is 1010 g/mol. The zero-order chi connectivity index (χ0) is 52.2. The Bertz CT molecular complexity index is 3770. The van der Waals surface area contributed by atoms with E-state index in [1.165, 1.54) is 5.56 Å². The van der Waals surface area contributed by atoms with Crippen LogP contribution in [0.2, 0.25) is 0 Å². The molecule has 0 bridgehead atoms. The van der Waals surface area contributed by atoms with Gasteiger partial charge in [0.2, 0.25) is 0 Å². The molecule has 10 rings (SSSR count). The largest absolute Gasteiger partial charge is 0.510 e. The number of ether oxygens (including phenoxy) is 1. The van der Waals surface area contributed by atoms with E-state index in [9.17, 15) is 1.37 Å². The Morgan fingerprint density at radius 3 is 2.08 bits per heavy atom. The number of para-hydroxylation sites is 3. The molecule has 5 nitrogen and oxygen atoms in total. The Morgan fingerprint density at radius 1 is 0.698 bits per heavy atom. The van der Waals surface area contributed by atoms with Crippen LogP contribution < -0.4 is 9.30 Å². The topological polar surface area (TPSA) is 35.9 Å². The monoisotopic (exact) mass is 1010 g/mol. The molecule has 0 aliphatic heterocycles. The van der Waals surface area contributed by atoms with Gasteiger partial charge >= 0.3 is 0 Å². The number of aromatic nitrogens is 4. The van der Waals surface area contributed by atoms with Crippen molar-refractivity contribution in [3.8, 4) is 50.9 Å². The summed E-state index contributed by atoms with van der Waals surface area (Å²) in [5.41, 5.74) is 5.30. The molecule has 0 fully saturated rings. The summed E-state index contributed by atoms with van der Waals surface area (Å²) in [5.74, 6) is 0.564. The summed E-state index contributed by atoms with van der Waals surface area (Å²) >= 11 is 0. The molecule has 10 aromatic rings. The van der Waals surface area contributed by atoms with Gasteiger partial charge in [-0.25, -0.2) is 4.98 Å². The Hall–Kier alpha value is -6.55. The average Bonchev–Trinajstić information content (AvgIpc) is 3.92. The maximum Gasteiger partial charge on any atom is 0.268 e. The summed E-state index contributed by atoms with van der Waals surface area (Å²) in [5, 5.41) is 1.97. The van der Waals surface area contributed by atoms with Crippen LogP contribution in [0.25, 0.3) is 72.3 Å². The Kier molecular flexibility index (Phi) is 8.21. The molecule has 0 saturated heterocycles. The summed E-state index contributed by atoms with van der Waals surface area (Å²) < 4.78 is 108. The minimum atomic E-state index is -0.864. The van der Waals surface area contributed by atoms with Gasteiger partial charge in [-0.3, -0.25) is 4.57 Å². The number of nitrogens with zero attached hydrogens (tertiary/aromatic N) is 4. The fourth-order valence-electron chi connectivity index (χ4n) is 7.91. The second-order valence-electron chi connectivity index (χ2n) is 16.6. The van der Waals surface area contributed by atoms with Crippen LogP contribution in [-0.2, 0) is 26.5 Å². The van der Waals surface area contributed by atoms with E-state index in [0.29, 0.717) is 34.0 Å². The third-order valence-corrected chi connectivity index (χ3v) is 11.4. The van der Waals surface area contributed by atoms with Crippen molar-refractivity contribution < 1.29 is 45.4 Å². The second-order valence-corrected chi connectivity index (χ2v) is 16.6. The minimum absolute atomic E-state index is 0. The van der Waals surface area contributed by atoms with Gasteiger partial charge in [-0.1, -0.05) is 162 Å². The zero-order valence-corrected chi connectivity index (χ0v) is 37.8. The van der Waals surface area contributed by atoms with Crippen molar-refractivity contribution in [2.45, 2.75) is 52.9 Å². The van der Waals surface area contributed by atoms with Crippen LogP contribution in [0.3, 0.4) is 0 Å². The smallest absolute Gasteiger partial charge is 0.268 e. The van der Waals surface area contributed by atoms with Crippen LogP contribution in [0.15, 0.2) is 170 Å². The molecule has 3 aromatic heterocycles. The van der Waals surface area contributed by atoms with Crippen LogP contribution in [0.4, 0.5) is 0 Å². The van der Waals surface area contributed by atoms with Gasteiger partial charge in [0.1, 0.15) is 5.82 Å². The number of fused-ring (bicyclic) bond motifs is 4. The Morgan fingerprint density at radius 2 is 1.38 bits per heavy atom. The molecule has 63 heavy (non-hydrogen) atoms. The van der Waals surface area contributed by atoms with E-state index < -0.39 is 66.3 Å². The van der Waals surface area contributed by atoms with E-state index >= 15 is 0 Å². The first-order valence-corrected chi connectivity index (χ1v) is 20.5. The molecule has 1 atom stereocenters. The molecule has 0 aliphatic rings. The normalized spacial score (nSPS) is 15.2. The molecular weight excluding hydrogens is 952 g/mol. The number of hydrogen-bond donors (Lipinski definition) is 0. The standard InChI is InChI=1S/C57H48N4O.Pt/c1-38(2)39(3)42-31-32-58-55(33-42)61-51-30-27-43(57(4,5)6)34-50(51)49-29-28-46(36-54(49)61)62-45-22-15-21-44(35-45)59-37-60(53-26-14-13-25-52(53)59)56-47(40-17-9-7-10-18-40)23-16-24-48(56)41-19-11-8-12-20-41;/h7-34,38-39H,1-6H3;/q-2;/i7D,8D,9D,10D,11D,12D,17D,18D,19D,20D,39D;. The molecule has 314 valence electrons. The zero-order valence-electron chi connectivity index (χ0n) is 46.5. The molecule has 0 saturated carbocycles. The number of pyridine rings is 1. The van der Waals surface area contributed by atoms with Crippen molar-refractivity contribution >= 4 is 32.8 Å². The molecule has 6 heteroatoms. The minimum Gasteiger partial charge on any atom is -0.510 e. The molecule has 0 N–H and O–H groups in total. The first-order chi connectivity index (χ1) is 34.6. The first kappa shape index (κ1) is 30.5. The maximum atomic E-state index is 9.22. The first-order valence-electron chi connectivity index (χ1n) is 26.0. The maximum absolute atomic E-state index is 9.22. The molecule has 3 heterocycles. The van der Waals surface area contributed by atoms with Crippen molar-refractivity contribution in [2.24, 2.45) is 5.92 Å². The number of hydrogen-bond acceptors (Lipinski definition) is 2. The Labute approximate surface area is 400 Å². The van der Waals surface area contributed by atoms with Crippen LogP contribution in [0, 0.1) is 24.4 Å². The molecule has 0 aliphatic carbocycles. The fourth-order valence-corrected chi connectivity index (χ4v) is 7.91. The summed E-state index contributed by atoms with van der Waals surface area (Å²) in [6.07, 6.45) is 5.15. The van der Waals surface area contributed by atoms with E-state index in [1.54, 1.807) is 57.8 Å². The molecule has 0 amide bonds. The molecular formula is C57H48N4OPt-2. The summed E-state index contributed by atoms with van der Waals surface area (Å²) in [6.45, 7) is 12.5. The van der Waals surface area contributed by atoms with Crippen molar-refractivity contribution in [1.29, 1.82) is 0 Å². The van der Waals surface area contributed by atoms with Crippen LogP contribution in [-0.4, -0.2) is 14.1 Å². The van der Waals surface area contributed by atoms with E-state index in [2.05, 4.69) is 62.0 Å². The van der Waals surface area contributed by atoms with Crippen molar-refractivity contribution in [3.63, 3.8) is 0 Å². The quantitative estimate of drug-likeness (QED) is 0.107. The van der Waals surface area contributed by atoms with E-state index in [-0.39, 0.29) is 60.3 Å². The third kappa shape index (κ3) is 7.81. The van der Waals surface area contributed by atoms with Gasteiger partial charge in [-0.2, -0.15) is 18.2 Å². The van der Waals surface area contributed by atoms with Crippen LogP contribution in [0.1, 0.15) is 73.6 Å². The third-order valence-electron chi connectivity index (χ3n) is 11.4. The van der Waals surface area contributed by atoms with Gasteiger partial charge < -0.3 is 13.9 Å². The van der Waals surface area contributed by atoms with Crippen molar-refractivity contribution in [1.82, 2.24) is 14.1 Å². The SMILES string of the molecule is [2H]c1c([2H])c([2H])c(-c2cccc(-c3c([2H])c([2H])c([2H])c([2H])c3[2H])c2-[n+]2[c-]n(-c3[c-]c(Oc4[c-]c5c(cc4)c4cc(C(C)(C)C)ccc4n5-c4cc(C([2H])(C)C(C)C)ccn4)ccc3)c3ccccc32)c([2H])c1[2H].[Pt]. The number of rotatable bonds is 9. The van der Waals surface area contributed by atoms with Crippen LogP contribution in [0.5, 0.6) is 11.5 Å². The van der Waals surface area contributed by atoms with Gasteiger partial charge in [0.05, 0.1) is 30.4 Å². The van der Waals surface area contributed by atoms with Gasteiger partial charge in [0, 0.05) is 45.6 Å². The van der Waals surface area contributed by atoms with E-state index in [0.717, 1.165) is 27.4 Å². The number of benzene rings is 7. The predicted octanol–water partition coefficient (Wildman–Crippen LogP) is 14.0. The summed E-state index contributed by atoms with van der Waals surface area (Å²) in [7, 11) is 0. The van der Waals surface area contributed by atoms with E-state index in [1.807, 2.05) is 63.2 Å². The fraction of sp³-hybridized carbons (Fsp3) is 0.158. The van der Waals surface area contributed by atoms with Crippen molar-refractivity contribution in [3.05, 3.63) is 199 Å². The van der Waals surface area contributed by atoms with Crippen molar-refractivity contribution in [2.75, 3.05) is 0 Å². The van der Waals surface area contributed by atoms with Gasteiger partial charge in [-0.05, 0) is 79.9 Å². The molecule has 7 aromatic carbocycles. The summed E-state index contributed by atoms with van der Waals surface area (Å²) in [6, 6.07) is 33.2. The Balaban J connectivity index is 0.00000672. The van der Waals surface area contributed by atoms with Gasteiger partial charge in [0.15, 0.2) is 0 Å². The van der Waals surface area contributed by atoms with Crippen LogP contribution >= 0.6 is 0 Å². The van der Waals surface area contributed by atoms with Gasteiger partial charge in [0.25, 0.3) is 6.33 Å². The molecule has 0 spiro atoms. The molecule has 0 radical (unpaired) electrons.